The Bertz CT molecular complexity index is 868. The lowest BCUT2D eigenvalue weighted by Gasteiger charge is -2.16. The van der Waals surface area contributed by atoms with Crippen LogP contribution >= 0.6 is 11.5 Å². The van der Waals surface area contributed by atoms with Crippen molar-refractivity contribution in [3.63, 3.8) is 0 Å². The Morgan fingerprint density at radius 2 is 1.88 bits per heavy atom. The molecule has 1 aliphatic heterocycles. The van der Waals surface area contributed by atoms with Gasteiger partial charge in [-0.05, 0) is 32.0 Å². The number of carbonyl (C=O) groups excluding carboxylic acids is 2. The van der Waals surface area contributed by atoms with Crippen LogP contribution in [0.1, 0.15) is 46.0 Å². The zero-order valence-corrected chi connectivity index (χ0v) is 16.3. The van der Waals surface area contributed by atoms with Gasteiger partial charge in [-0.2, -0.15) is 4.37 Å². The van der Waals surface area contributed by atoms with Gasteiger partial charge in [-0.25, -0.2) is 4.98 Å². The van der Waals surface area contributed by atoms with E-state index in [1.54, 1.807) is 12.1 Å². The number of fused-ring (bicyclic) bond motifs is 1. The fourth-order valence-electron chi connectivity index (χ4n) is 2.61. The molecule has 26 heavy (non-hydrogen) atoms. The number of ether oxygens (including phenoxy) is 1. The Balaban J connectivity index is 1.64. The summed E-state index contributed by atoms with van der Waals surface area (Å²) in [5, 5.41) is 5.40. The monoisotopic (exact) mass is 374 g/mol. The number of carbonyl (C=O) groups is 2. The second kappa shape index (κ2) is 6.35. The highest BCUT2D eigenvalue weighted by molar-refractivity contribution is 7.10. The van der Waals surface area contributed by atoms with Crippen molar-refractivity contribution in [2.45, 2.75) is 52.1 Å². The van der Waals surface area contributed by atoms with Crippen LogP contribution in [0.2, 0.25) is 0 Å². The van der Waals surface area contributed by atoms with Gasteiger partial charge in [-0.1, -0.05) is 20.8 Å². The molecule has 0 aliphatic carbocycles. The summed E-state index contributed by atoms with van der Waals surface area (Å²) in [4.78, 5) is 28.5. The van der Waals surface area contributed by atoms with Crippen LogP contribution in [-0.2, 0) is 21.4 Å². The smallest absolute Gasteiger partial charge is 0.315 e. The summed E-state index contributed by atoms with van der Waals surface area (Å²) in [5.74, 6) is -0.102. The highest BCUT2D eigenvalue weighted by Gasteiger charge is 2.30. The average Bonchev–Trinajstić information content (AvgIpc) is 3.09. The van der Waals surface area contributed by atoms with Crippen molar-refractivity contribution in [2.75, 3.05) is 10.6 Å². The van der Waals surface area contributed by atoms with E-state index in [0.29, 0.717) is 16.6 Å². The highest BCUT2D eigenvalue weighted by atomic mass is 32.1. The molecule has 1 aromatic carbocycles. The zero-order valence-electron chi connectivity index (χ0n) is 15.5. The normalized spacial score (nSPS) is 15.1. The predicted molar refractivity (Wildman–Crippen MR) is 101 cm³/mol. The summed E-state index contributed by atoms with van der Waals surface area (Å²) in [6, 6.07) is 5.35. The number of nitrogens with one attached hydrogen (secondary N) is 2. The second-order valence-electron chi connectivity index (χ2n) is 7.94. The number of anilines is 2. The van der Waals surface area contributed by atoms with Gasteiger partial charge in [-0.15, -0.1) is 0 Å². The van der Waals surface area contributed by atoms with E-state index in [-0.39, 0.29) is 11.0 Å². The van der Waals surface area contributed by atoms with Crippen molar-refractivity contribution in [3.05, 3.63) is 29.6 Å². The molecule has 0 radical (unpaired) electrons. The zero-order chi connectivity index (χ0) is 19.1. The molecule has 1 aromatic heterocycles. The predicted octanol–water partition coefficient (Wildman–Crippen LogP) is 3.13. The second-order valence-corrected chi connectivity index (χ2v) is 8.69. The lowest BCUT2D eigenvalue weighted by molar-refractivity contribution is -0.133. The Morgan fingerprint density at radius 1 is 1.19 bits per heavy atom. The van der Waals surface area contributed by atoms with Crippen molar-refractivity contribution in [3.8, 4) is 5.75 Å². The molecular formula is C18H22N4O3S. The molecule has 0 spiro atoms. The van der Waals surface area contributed by atoms with E-state index in [9.17, 15) is 9.59 Å². The maximum Gasteiger partial charge on any atom is 0.315 e. The largest absolute Gasteiger partial charge is 0.487 e. The molecule has 0 bridgehead atoms. The van der Waals surface area contributed by atoms with Gasteiger partial charge in [0, 0.05) is 34.6 Å². The van der Waals surface area contributed by atoms with Crippen LogP contribution in [0.5, 0.6) is 5.75 Å². The van der Waals surface area contributed by atoms with Gasteiger partial charge in [0.25, 0.3) is 0 Å². The van der Waals surface area contributed by atoms with Gasteiger partial charge in [-0.3, -0.25) is 14.9 Å². The van der Waals surface area contributed by atoms with Gasteiger partial charge in [0.1, 0.15) is 17.2 Å². The molecule has 8 heteroatoms. The van der Waals surface area contributed by atoms with Crippen LogP contribution in [0, 0.1) is 0 Å². The molecule has 2 amide bonds. The van der Waals surface area contributed by atoms with Crippen molar-refractivity contribution < 1.29 is 14.3 Å². The minimum absolute atomic E-state index is 0.220. The third kappa shape index (κ3) is 4.01. The Hall–Kier alpha value is -2.48. The first-order chi connectivity index (χ1) is 12.0. The molecule has 2 aromatic rings. The molecule has 0 saturated carbocycles. The molecular weight excluding hydrogens is 352 g/mol. The van der Waals surface area contributed by atoms with E-state index >= 15 is 0 Å². The number of hydrogen-bond acceptors (Lipinski definition) is 6. The number of nitrogens with zero attached hydrogens (tertiary/aromatic N) is 2. The molecule has 2 N–H and O–H groups in total. The maximum absolute atomic E-state index is 12.2. The number of aromatic nitrogens is 2. The summed E-state index contributed by atoms with van der Waals surface area (Å²) in [5.41, 5.74) is 1.08. The number of benzene rings is 1. The Labute approximate surface area is 156 Å². The van der Waals surface area contributed by atoms with E-state index in [1.165, 1.54) is 0 Å². The van der Waals surface area contributed by atoms with Crippen molar-refractivity contribution in [1.29, 1.82) is 0 Å². The van der Waals surface area contributed by atoms with Gasteiger partial charge in [0.05, 0.1) is 0 Å². The third-order valence-electron chi connectivity index (χ3n) is 3.84. The molecule has 1 aliphatic rings. The lowest BCUT2D eigenvalue weighted by atomic mass is 9.96. The van der Waals surface area contributed by atoms with E-state index in [0.717, 1.165) is 29.3 Å². The first-order valence-electron chi connectivity index (χ1n) is 8.32. The molecule has 0 atom stereocenters. The SMILES string of the molecule is CC1(C)Cc2cc(NC(=O)C(=O)Nc3nc(C(C)(C)C)ns3)ccc2O1. The van der Waals surface area contributed by atoms with Crippen LogP contribution in [0.25, 0.3) is 0 Å². The number of rotatable bonds is 2. The van der Waals surface area contributed by atoms with Crippen LogP contribution in [0.4, 0.5) is 10.8 Å². The minimum Gasteiger partial charge on any atom is -0.487 e. The third-order valence-corrected chi connectivity index (χ3v) is 4.47. The topological polar surface area (TPSA) is 93.2 Å². The molecule has 2 heterocycles. The highest BCUT2D eigenvalue weighted by Crippen LogP contribution is 2.36. The molecule has 0 saturated heterocycles. The van der Waals surface area contributed by atoms with Crippen molar-refractivity contribution >= 4 is 34.2 Å². The summed E-state index contributed by atoms with van der Waals surface area (Å²) in [7, 11) is 0. The molecule has 3 rings (SSSR count). The Kier molecular flexibility index (Phi) is 4.47. The molecule has 0 fully saturated rings. The van der Waals surface area contributed by atoms with Crippen molar-refractivity contribution in [2.24, 2.45) is 0 Å². The van der Waals surface area contributed by atoms with E-state index < -0.39 is 11.8 Å². The fraction of sp³-hybridized carbons (Fsp3) is 0.444. The first kappa shape index (κ1) is 18.3. The van der Waals surface area contributed by atoms with Crippen LogP contribution in [-0.4, -0.2) is 26.8 Å². The lowest BCUT2D eigenvalue weighted by Crippen LogP contribution is -2.29. The van der Waals surface area contributed by atoms with Crippen LogP contribution < -0.4 is 15.4 Å². The molecule has 7 nitrogen and oxygen atoms in total. The van der Waals surface area contributed by atoms with Gasteiger partial charge in [0.15, 0.2) is 0 Å². The maximum atomic E-state index is 12.2. The first-order valence-corrected chi connectivity index (χ1v) is 9.09. The fourth-order valence-corrected chi connectivity index (χ4v) is 3.36. The standard InChI is InChI=1S/C18H22N4O3S/c1-17(2,3)15-21-16(26-22-15)20-14(24)13(23)19-11-6-7-12-10(8-11)9-18(4,5)25-12/h6-8H,9H2,1-5H3,(H,19,23)(H,20,21,22,24). The molecule has 138 valence electrons. The Morgan fingerprint density at radius 3 is 2.54 bits per heavy atom. The summed E-state index contributed by atoms with van der Waals surface area (Å²) < 4.78 is 10.0. The minimum atomic E-state index is -0.779. The van der Waals surface area contributed by atoms with Gasteiger partial charge >= 0.3 is 11.8 Å². The van der Waals surface area contributed by atoms with Crippen LogP contribution in [0.3, 0.4) is 0 Å². The quantitative estimate of drug-likeness (QED) is 0.788. The number of hydrogen-bond donors (Lipinski definition) is 2. The summed E-state index contributed by atoms with van der Waals surface area (Å²) in [6.07, 6.45) is 0.749. The average molecular weight is 374 g/mol. The van der Waals surface area contributed by atoms with Gasteiger partial charge in [0.2, 0.25) is 5.13 Å². The number of amides is 2. The van der Waals surface area contributed by atoms with Crippen LogP contribution in [0.15, 0.2) is 18.2 Å². The van der Waals surface area contributed by atoms with E-state index in [4.69, 9.17) is 4.74 Å². The van der Waals surface area contributed by atoms with E-state index in [1.807, 2.05) is 40.7 Å². The summed E-state index contributed by atoms with van der Waals surface area (Å²) >= 11 is 1.05. The molecule has 0 unspecified atom stereocenters. The van der Waals surface area contributed by atoms with Crippen molar-refractivity contribution in [1.82, 2.24) is 9.36 Å². The summed E-state index contributed by atoms with van der Waals surface area (Å²) in [6.45, 7) is 9.95. The van der Waals surface area contributed by atoms with E-state index in [2.05, 4.69) is 20.0 Å². The van der Waals surface area contributed by atoms with Gasteiger partial charge < -0.3 is 10.1 Å².